The van der Waals surface area contributed by atoms with Gasteiger partial charge >= 0.3 is 18.0 Å². The van der Waals surface area contributed by atoms with Crippen molar-refractivity contribution in [3.63, 3.8) is 0 Å². The van der Waals surface area contributed by atoms with E-state index in [1.54, 1.807) is 12.1 Å². The molecule has 1 unspecified atom stereocenters. The molecular weight excluding hydrogens is 531 g/mol. The third-order valence-electron chi connectivity index (χ3n) is 5.45. The van der Waals surface area contributed by atoms with Gasteiger partial charge in [0.25, 0.3) is 0 Å². The van der Waals surface area contributed by atoms with Gasteiger partial charge in [-0.15, -0.1) is 10.2 Å². The first-order chi connectivity index (χ1) is 17.9. The predicted molar refractivity (Wildman–Crippen MR) is 129 cm³/mol. The fourth-order valence-corrected chi connectivity index (χ4v) is 3.74. The molecule has 0 spiro atoms. The number of hydrogen-bond donors (Lipinski definition) is 2. The number of nitrogens with two attached hydrogens (primary N) is 1. The van der Waals surface area contributed by atoms with Crippen LogP contribution >= 0.6 is 11.6 Å². The molecule has 15 heteroatoms. The molecule has 0 fully saturated rings. The Hall–Kier alpha value is -4.17. The second kappa shape index (κ2) is 10.7. The summed E-state index contributed by atoms with van der Waals surface area (Å²) < 4.78 is 47.2. The summed E-state index contributed by atoms with van der Waals surface area (Å²) in [5.74, 6) is 0.124. The van der Waals surface area contributed by atoms with E-state index in [2.05, 4.69) is 15.2 Å². The maximum atomic E-state index is 13.1. The summed E-state index contributed by atoms with van der Waals surface area (Å²) >= 11 is 5.91. The molecule has 0 saturated carbocycles. The lowest BCUT2D eigenvalue weighted by Crippen LogP contribution is -2.37. The topological polar surface area (TPSA) is 143 Å². The first kappa shape index (κ1) is 26.9. The van der Waals surface area contributed by atoms with Crippen LogP contribution in [0, 0.1) is 6.92 Å². The largest absolute Gasteiger partial charge is 0.441 e. The van der Waals surface area contributed by atoms with Crippen LogP contribution in [0.4, 0.5) is 18.0 Å². The van der Waals surface area contributed by atoms with Crippen molar-refractivity contribution < 1.29 is 27.8 Å². The summed E-state index contributed by atoms with van der Waals surface area (Å²) in [4.78, 5) is 28.6. The summed E-state index contributed by atoms with van der Waals surface area (Å²) in [5, 5.41) is 18.6. The normalized spacial score (nSPS) is 12.5. The van der Waals surface area contributed by atoms with E-state index in [-0.39, 0.29) is 30.6 Å². The Morgan fingerprint density at radius 3 is 2.47 bits per heavy atom. The van der Waals surface area contributed by atoms with Crippen LogP contribution < -0.4 is 11.4 Å². The second-order valence-electron chi connectivity index (χ2n) is 8.19. The van der Waals surface area contributed by atoms with Gasteiger partial charge in [-0.25, -0.2) is 23.9 Å². The molecule has 0 saturated heterocycles. The summed E-state index contributed by atoms with van der Waals surface area (Å²) in [6, 6.07) is 13.1. The maximum absolute atomic E-state index is 13.1. The molecule has 0 aliphatic carbocycles. The molecule has 0 aliphatic heterocycles. The van der Waals surface area contributed by atoms with E-state index in [9.17, 15) is 27.9 Å². The summed E-state index contributed by atoms with van der Waals surface area (Å²) in [6.07, 6.45) is -8.79. The number of carbonyl (C=O) groups is 1. The highest BCUT2D eigenvalue weighted by molar-refractivity contribution is 6.30. The van der Waals surface area contributed by atoms with Gasteiger partial charge in [-0.2, -0.15) is 13.2 Å². The van der Waals surface area contributed by atoms with Gasteiger partial charge in [0.1, 0.15) is 6.54 Å². The van der Waals surface area contributed by atoms with E-state index in [1.807, 2.05) is 19.1 Å². The average molecular weight is 552 g/mol. The number of hydrogen-bond acceptors (Lipinski definition) is 7. The van der Waals surface area contributed by atoms with Gasteiger partial charge in [0, 0.05) is 10.6 Å². The Kier molecular flexibility index (Phi) is 7.55. The van der Waals surface area contributed by atoms with Gasteiger partial charge < -0.3 is 15.6 Å². The Labute approximate surface area is 217 Å². The molecule has 1 atom stereocenters. The van der Waals surface area contributed by atoms with Gasteiger partial charge in [0.05, 0.1) is 12.2 Å². The zero-order valence-corrected chi connectivity index (χ0v) is 20.5. The molecule has 0 radical (unpaired) electrons. The lowest BCUT2D eigenvalue weighted by molar-refractivity contribution is -0.207. The number of amides is 1. The fourth-order valence-electron chi connectivity index (χ4n) is 3.61. The van der Waals surface area contributed by atoms with Crippen molar-refractivity contribution in [3.05, 3.63) is 81.3 Å². The fraction of sp³-hybridized carbons (Fsp3) is 0.261. The molecule has 4 rings (SSSR count). The summed E-state index contributed by atoms with van der Waals surface area (Å²) in [5.41, 5.74) is 5.88. The van der Waals surface area contributed by atoms with Crippen LogP contribution in [0.25, 0.3) is 17.1 Å². The van der Waals surface area contributed by atoms with E-state index in [4.69, 9.17) is 22.1 Å². The highest BCUT2D eigenvalue weighted by atomic mass is 35.5. The molecule has 4 aromatic rings. The third kappa shape index (κ3) is 5.86. The Balaban J connectivity index is 1.76. The van der Waals surface area contributed by atoms with E-state index in [0.717, 1.165) is 14.8 Å². The first-order valence-electron chi connectivity index (χ1n) is 11.1. The van der Waals surface area contributed by atoms with Crippen molar-refractivity contribution in [1.29, 1.82) is 0 Å². The second-order valence-corrected chi connectivity index (χ2v) is 8.63. The number of aryl methyl sites for hydroxylation is 1. The quantitative estimate of drug-likeness (QED) is 0.343. The number of rotatable bonds is 8. The van der Waals surface area contributed by atoms with Crippen LogP contribution in [-0.4, -0.2) is 52.6 Å². The zero-order chi connectivity index (χ0) is 27.6. The van der Waals surface area contributed by atoms with E-state index in [0.29, 0.717) is 16.3 Å². The Morgan fingerprint density at radius 2 is 1.84 bits per heavy atom. The maximum Gasteiger partial charge on any atom is 0.416 e. The lowest BCUT2D eigenvalue weighted by Gasteiger charge is -2.15. The number of primary amides is 1. The minimum absolute atomic E-state index is 0.0575. The van der Waals surface area contributed by atoms with Crippen LogP contribution in [0.2, 0.25) is 5.02 Å². The average Bonchev–Trinajstić information content (AvgIpc) is 3.39. The van der Waals surface area contributed by atoms with Crippen LogP contribution in [0.15, 0.2) is 53.3 Å². The molecule has 0 bridgehead atoms. The van der Waals surface area contributed by atoms with Crippen molar-refractivity contribution in [2.24, 2.45) is 5.73 Å². The van der Waals surface area contributed by atoms with Crippen molar-refractivity contribution in [2.45, 2.75) is 38.9 Å². The molecular formula is C23H21ClF3N7O4. The number of aliphatic hydroxyl groups is 1. The van der Waals surface area contributed by atoms with E-state index >= 15 is 0 Å². The van der Waals surface area contributed by atoms with Crippen molar-refractivity contribution >= 4 is 17.7 Å². The molecule has 2 aromatic heterocycles. The van der Waals surface area contributed by atoms with Crippen LogP contribution in [-0.2, 0) is 24.4 Å². The lowest BCUT2D eigenvalue weighted by atomic mass is 10.2. The summed E-state index contributed by atoms with van der Waals surface area (Å²) in [6.45, 7) is 0.0831. The monoisotopic (exact) mass is 551 g/mol. The number of ether oxygens (including phenoxy) is 1. The number of halogens is 4. The van der Waals surface area contributed by atoms with E-state index in [1.165, 1.54) is 28.9 Å². The molecule has 2 heterocycles. The minimum Gasteiger partial charge on any atom is -0.441 e. The highest BCUT2D eigenvalue weighted by Gasteiger charge is 2.39. The van der Waals surface area contributed by atoms with Crippen LogP contribution in [0.3, 0.4) is 0 Å². The Bertz CT molecular complexity index is 1510. The molecule has 38 heavy (non-hydrogen) atoms. The third-order valence-corrected chi connectivity index (χ3v) is 5.71. The molecule has 11 nitrogen and oxygen atoms in total. The standard InChI is InChI=1S/C23H21ClF3N7O4/c1-13-4-2-3-5-16(13)34-19(12-38-21(28)36)29-18(30-34)11-33-22(37)32(10-17(35)23(25,26)27)20(31-33)14-6-8-15(24)9-7-14/h2-9,17,35H,10-12H2,1H3,(H2,28,36). The van der Waals surface area contributed by atoms with Crippen molar-refractivity contribution in [2.75, 3.05) is 0 Å². The molecule has 0 aliphatic rings. The van der Waals surface area contributed by atoms with Gasteiger partial charge in [-0.1, -0.05) is 29.8 Å². The van der Waals surface area contributed by atoms with Crippen molar-refractivity contribution in [3.8, 4) is 17.1 Å². The SMILES string of the molecule is Cc1ccccc1-n1nc(Cn2nc(-c3ccc(Cl)cc3)n(CC(O)C(F)(F)F)c2=O)nc1COC(N)=O. The minimum atomic E-state index is -4.96. The number of para-hydroxylation sites is 1. The number of alkyl halides is 3. The predicted octanol–water partition coefficient (Wildman–Crippen LogP) is 2.82. The van der Waals surface area contributed by atoms with Crippen molar-refractivity contribution in [1.82, 2.24) is 29.1 Å². The highest BCUT2D eigenvalue weighted by Crippen LogP contribution is 2.24. The van der Waals surface area contributed by atoms with E-state index < -0.39 is 30.6 Å². The van der Waals surface area contributed by atoms with Gasteiger partial charge in [-0.3, -0.25) is 4.57 Å². The van der Waals surface area contributed by atoms with Crippen LogP contribution in [0.1, 0.15) is 17.2 Å². The number of nitrogens with zero attached hydrogens (tertiary/aromatic N) is 6. The molecule has 1 amide bonds. The number of aromatic nitrogens is 6. The first-order valence-corrected chi connectivity index (χ1v) is 11.4. The summed E-state index contributed by atoms with van der Waals surface area (Å²) in [7, 11) is 0. The zero-order valence-electron chi connectivity index (χ0n) is 19.8. The van der Waals surface area contributed by atoms with Gasteiger partial charge in [-0.05, 0) is 42.8 Å². The molecule has 200 valence electrons. The van der Waals surface area contributed by atoms with Gasteiger partial charge in [0.2, 0.25) is 0 Å². The molecule has 2 aromatic carbocycles. The number of carbonyl (C=O) groups excluding carboxylic acids is 1. The number of benzene rings is 2. The Morgan fingerprint density at radius 1 is 1.16 bits per heavy atom. The smallest absolute Gasteiger partial charge is 0.416 e. The number of aliphatic hydroxyl groups excluding tert-OH is 1. The van der Waals surface area contributed by atoms with Crippen LogP contribution in [0.5, 0.6) is 0 Å². The molecule has 3 N–H and O–H groups in total. The van der Waals surface area contributed by atoms with Gasteiger partial charge in [0.15, 0.2) is 30.2 Å².